The van der Waals surface area contributed by atoms with E-state index in [0.29, 0.717) is 12.0 Å². The fourth-order valence-corrected chi connectivity index (χ4v) is 4.47. The quantitative estimate of drug-likeness (QED) is 0.681. The van der Waals surface area contributed by atoms with Gasteiger partial charge in [0.25, 0.3) is 5.91 Å². The Labute approximate surface area is 186 Å². The van der Waals surface area contributed by atoms with Gasteiger partial charge in [0, 0.05) is 12.0 Å². The summed E-state index contributed by atoms with van der Waals surface area (Å²) in [6.45, 7) is 5.30. The number of aliphatic hydroxyl groups is 1. The van der Waals surface area contributed by atoms with Crippen molar-refractivity contribution in [2.45, 2.75) is 57.3 Å². The number of hydrogen-bond acceptors (Lipinski definition) is 5. The van der Waals surface area contributed by atoms with E-state index in [2.05, 4.69) is 10.3 Å². The molecule has 2 atom stereocenters. The van der Waals surface area contributed by atoms with Crippen LogP contribution in [0.5, 0.6) is 0 Å². The van der Waals surface area contributed by atoms with Crippen LogP contribution in [0, 0.1) is 5.82 Å². The SMILES string of the molecule is CC1(C)CC(=O)N(Cc2cc(F)cc(C(=O)N[C@@H]3c4ccccc4CC3(C)O)c2)C(N)=N1. The summed E-state index contributed by atoms with van der Waals surface area (Å²) in [5.74, 6) is -1.26. The molecular formula is C24H27FN4O3. The summed E-state index contributed by atoms with van der Waals surface area (Å²) in [7, 11) is 0. The maximum Gasteiger partial charge on any atom is 0.251 e. The van der Waals surface area contributed by atoms with Crippen molar-refractivity contribution in [1.29, 1.82) is 0 Å². The number of carbonyl (C=O) groups is 2. The van der Waals surface area contributed by atoms with Gasteiger partial charge in [-0.2, -0.15) is 0 Å². The maximum absolute atomic E-state index is 14.4. The second-order valence-corrected chi connectivity index (χ2v) is 9.43. The Balaban J connectivity index is 1.57. The number of aliphatic imine (C=N–C) groups is 1. The van der Waals surface area contributed by atoms with Gasteiger partial charge in [-0.05, 0) is 55.7 Å². The zero-order valence-corrected chi connectivity index (χ0v) is 18.4. The lowest BCUT2D eigenvalue weighted by molar-refractivity contribution is -0.129. The van der Waals surface area contributed by atoms with Crippen LogP contribution in [0.2, 0.25) is 0 Å². The van der Waals surface area contributed by atoms with E-state index in [4.69, 9.17) is 5.73 Å². The predicted octanol–water partition coefficient (Wildman–Crippen LogP) is 2.43. The van der Waals surface area contributed by atoms with Gasteiger partial charge >= 0.3 is 0 Å². The Hall–Kier alpha value is -3.26. The van der Waals surface area contributed by atoms with Gasteiger partial charge in [0.05, 0.1) is 30.1 Å². The standard InChI is InChI=1S/C24H27FN4O3/c1-23(2)12-19(30)29(22(26)28-23)13-14-8-16(10-17(25)9-14)21(31)27-20-18-7-5-4-6-15(18)11-24(20,3)32/h4-10,20,32H,11-13H2,1-3H3,(H2,26,28)(H,27,31)/t20-,24?/m1/s1. The van der Waals surface area contributed by atoms with Crippen LogP contribution >= 0.6 is 0 Å². The average molecular weight is 439 g/mol. The van der Waals surface area contributed by atoms with Crippen molar-refractivity contribution in [3.63, 3.8) is 0 Å². The van der Waals surface area contributed by atoms with Crippen LogP contribution in [0.4, 0.5) is 4.39 Å². The highest BCUT2D eigenvalue weighted by molar-refractivity contribution is 5.99. The van der Waals surface area contributed by atoms with Gasteiger partial charge in [0.1, 0.15) is 5.82 Å². The number of benzene rings is 2. The van der Waals surface area contributed by atoms with Crippen LogP contribution in [0.3, 0.4) is 0 Å². The summed E-state index contributed by atoms with van der Waals surface area (Å²) < 4.78 is 14.4. The van der Waals surface area contributed by atoms with E-state index in [1.807, 2.05) is 38.1 Å². The molecule has 0 spiro atoms. The van der Waals surface area contributed by atoms with Crippen molar-refractivity contribution in [2.24, 2.45) is 10.7 Å². The van der Waals surface area contributed by atoms with E-state index in [9.17, 15) is 19.1 Å². The van der Waals surface area contributed by atoms with E-state index >= 15 is 0 Å². The molecule has 1 aliphatic carbocycles. The monoisotopic (exact) mass is 438 g/mol. The first-order chi connectivity index (χ1) is 14.9. The zero-order valence-electron chi connectivity index (χ0n) is 18.4. The molecule has 32 heavy (non-hydrogen) atoms. The Morgan fingerprint density at radius 2 is 1.97 bits per heavy atom. The van der Waals surface area contributed by atoms with E-state index in [-0.39, 0.29) is 30.4 Å². The molecule has 0 saturated heterocycles. The summed E-state index contributed by atoms with van der Waals surface area (Å²) in [5, 5.41) is 13.7. The largest absolute Gasteiger partial charge is 0.387 e. The van der Waals surface area contributed by atoms with Crippen molar-refractivity contribution in [3.05, 3.63) is 70.5 Å². The topological polar surface area (TPSA) is 108 Å². The van der Waals surface area contributed by atoms with Gasteiger partial charge in [0.15, 0.2) is 5.96 Å². The van der Waals surface area contributed by atoms with Crippen LogP contribution in [0.25, 0.3) is 0 Å². The first kappa shape index (κ1) is 22.0. The molecule has 0 aromatic heterocycles. The fraction of sp³-hybridized carbons (Fsp3) is 0.375. The minimum Gasteiger partial charge on any atom is -0.387 e. The Morgan fingerprint density at radius 3 is 2.69 bits per heavy atom. The smallest absolute Gasteiger partial charge is 0.251 e. The normalized spacial score (nSPS) is 24.2. The Bertz CT molecular complexity index is 1130. The average Bonchev–Trinajstić information content (AvgIpc) is 2.93. The highest BCUT2D eigenvalue weighted by Gasteiger charge is 2.42. The van der Waals surface area contributed by atoms with E-state index < -0.39 is 28.9 Å². The van der Waals surface area contributed by atoms with Gasteiger partial charge in [-0.3, -0.25) is 14.5 Å². The number of nitrogens with two attached hydrogens (primary N) is 1. The zero-order chi connectivity index (χ0) is 23.3. The van der Waals surface area contributed by atoms with Crippen molar-refractivity contribution >= 4 is 17.8 Å². The molecule has 7 nitrogen and oxygen atoms in total. The minimum atomic E-state index is -1.16. The predicted molar refractivity (Wildman–Crippen MR) is 118 cm³/mol. The van der Waals surface area contributed by atoms with Gasteiger partial charge in [-0.1, -0.05) is 24.3 Å². The second-order valence-electron chi connectivity index (χ2n) is 9.43. The van der Waals surface area contributed by atoms with Gasteiger partial charge in [-0.25, -0.2) is 9.38 Å². The van der Waals surface area contributed by atoms with Crippen LogP contribution in [0.1, 0.15) is 60.3 Å². The number of rotatable bonds is 4. The molecule has 8 heteroatoms. The minimum absolute atomic E-state index is 0.00621. The number of halogens is 1. The molecule has 168 valence electrons. The van der Waals surface area contributed by atoms with Crippen molar-refractivity contribution in [1.82, 2.24) is 10.2 Å². The molecule has 0 radical (unpaired) electrons. The molecule has 0 saturated carbocycles. The lowest BCUT2D eigenvalue weighted by atomic mass is 9.97. The van der Waals surface area contributed by atoms with E-state index in [1.54, 1.807) is 6.92 Å². The fourth-order valence-electron chi connectivity index (χ4n) is 4.47. The van der Waals surface area contributed by atoms with Crippen LogP contribution < -0.4 is 11.1 Å². The summed E-state index contributed by atoms with van der Waals surface area (Å²) >= 11 is 0. The number of nitrogens with one attached hydrogen (secondary N) is 1. The van der Waals surface area contributed by atoms with Crippen LogP contribution in [-0.4, -0.2) is 38.9 Å². The molecule has 2 aliphatic rings. The summed E-state index contributed by atoms with van der Waals surface area (Å²) in [4.78, 5) is 31.1. The summed E-state index contributed by atoms with van der Waals surface area (Å²) in [6, 6.07) is 10.8. The molecule has 0 bridgehead atoms. The molecule has 0 fully saturated rings. The van der Waals surface area contributed by atoms with Crippen LogP contribution in [0.15, 0.2) is 47.5 Å². The first-order valence-electron chi connectivity index (χ1n) is 10.5. The first-order valence-corrected chi connectivity index (χ1v) is 10.5. The number of guanidine groups is 1. The second kappa shape index (κ2) is 7.70. The van der Waals surface area contributed by atoms with Crippen LogP contribution in [-0.2, 0) is 17.8 Å². The molecule has 1 heterocycles. The van der Waals surface area contributed by atoms with Gasteiger partial charge in [0.2, 0.25) is 5.91 Å². The number of amides is 2. The Morgan fingerprint density at radius 1 is 1.25 bits per heavy atom. The van der Waals surface area contributed by atoms with E-state index in [0.717, 1.165) is 17.2 Å². The molecule has 2 aromatic carbocycles. The third-order valence-corrected chi connectivity index (χ3v) is 5.95. The molecule has 2 aromatic rings. The molecule has 1 unspecified atom stereocenters. The molecule has 4 N–H and O–H groups in total. The highest BCUT2D eigenvalue weighted by Crippen LogP contribution is 2.39. The molecule has 1 aliphatic heterocycles. The number of carbonyl (C=O) groups excluding carboxylic acids is 2. The number of fused-ring (bicyclic) bond motifs is 1. The van der Waals surface area contributed by atoms with E-state index in [1.165, 1.54) is 17.0 Å². The number of nitrogens with zero attached hydrogens (tertiary/aromatic N) is 2. The summed E-state index contributed by atoms with van der Waals surface area (Å²) in [6.07, 6.45) is 0.598. The third-order valence-electron chi connectivity index (χ3n) is 5.95. The highest BCUT2D eigenvalue weighted by atomic mass is 19.1. The maximum atomic E-state index is 14.4. The van der Waals surface area contributed by atoms with Crippen molar-refractivity contribution in [2.75, 3.05) is 0 Å². The molecular weight excluding hydrogens is 411 g/mol. The molecule has 4 rings (SSSR count). The molecule has 2 amide bonds. The van der Waals surface area contributed by atoms with Gasteiger partial charge < -0.3 is 16.2 Å². The Kier molecular flexibility index (Phi) is 5.29. The lowest BCUT2D eigenvalue weighted by Crippen LogP contribution is -2.49. The summed E-state index contributed by atoms with van der Waals surface area (Å²) in [5.41, 5.74) is 6.54. The van der Waals surface area contributed by atoms with Gasteiger partial charge in [-0.15, -0.1) is 0 Å². The lowest BCUT2D eigenvalue weighted by Gasteiger charge is -2.32. The van der Waals surface area contributed by atoms with Crippen molar-refractivity contribution < 1.29 is 19.1 Å². The van der Waals surface area contributed by atoms with Crippen molar-refractivity contribution in [3.8, 4) is 0 Å². The number of hydrogen-bond donors (Lipinski definition) is 3. The third kappa shape index (κ3) is 4.23.